The normalized spacial score (nSPS) is 16.4. The molecule has 5 nitrogen and oxygen atoms in total. The Morgan fingerprint density at radius 1 is 1.08 bits per heavy atom. The molecule has 2 unspecified atom stereocenters. The fourth-order valence-electron chi connectivity index (χ4n) is 3.18. The molecular formula is C21H25N3O2. The van der Waals surface area contributed by atoms with Crippen molar-refractivity contribution in [3.8, 4) is 0 Å². The average Bonchev–Trinajstić information content (AvgIpc) is 3.07. The highest BCUT2D eigenvalue weighted by Crippen LogP contribution is 2.24. The van der Waals surface area contributed by atoms with Gasteiger partial charge in [0, 0.05) is 18.7 Å². The predicted molar refractivity (Wildman–Crippen MR) is 103 cm³/mol. The number of carbonyl (C=O) groups is 2. The monoisotopic (exact) mass is 351 g/mol. The van der Waals surface area contributed by atoms with Crippen LogP contribution in [-0.2, 0) is 9.59 Å². The van der Waals surface area contributed by atoms with E-state index in [2.05, 4.69) is 5.32 Å². The van der Waals surface area contributed by atoms with Crippen LogP contribution >= 0.6 is 0 Å². The van der Waals surface area contributed by atoms with Crippen LogP contribution in [0.25, 0.3) is 0 Å². The summed E-state index contributed by atoms with van der Waals surface area (Å²) in [7, 11) is 0. The molecule has 3 N–H and O–H groups in total. The second-order valence-electron chi connectivity index (χ2n) is 6.86. The summed E-state index contributed by atoms with van der Waals surface area (Å²) in [5.74, 6) is -0.0386. The van der Waals surface area contributed by atoms with Crippen molar-refractivity contribution in [3.63, 3.8) is 0 Å². The Morgan fingerprint density at radius 2 is 1.69 bits per heavy atom. The number of carbonyl (C=O) groups excluding carboxylic acids is 2. The number of hydrogen-bond donors (Lipinski definition) is 2. The van der Waals surface area contributed by atoms with E-state index >= 15 is 0 Å². The van der Waals surface area contributed by atoms with Gasteiger partial charge in [-0.05, 0) is 43.5 Å². The molecule has 0 aliphatic carbocycles. The maximum absolute atomic E-state index is 12.4. The highest BCUT2D eigenvalue weighted by Gasteiger charge is 2.22. The Balaban J connectivity index is 1.63. The summed E-state index contributed by atoms with van der Waals surface area (Å²) >= 11 is 0. The lowest BCUT2D eigenvalue weighted by Crippen LogP contribution is -2.35. The second-order valence-corrected chi connectivity index (χ2v) is 6.86. The zero-order chi connectivity index (χ0) is 18.7. The summed E-state index contributed by atoms with van der Waals surface area (Å²) in [5.41, 5.74) is 9.89. The smallest absolute Gasteiger partial charge is 0.241 e. The fourth-order valence-corrected chi connectivity index (χ4v) is 3.18. The van der Waals surface area contributed by atoms with Gasteiger partial charge >= 0.3 is 0 Å². The van der Waals surface area contributed by atoms with Gasteiger partial charge in [0.2, 0.25) is 11.8 Å². The Morgan fingerprint density at radius 3 is 2.27 bits per heavy atom. The number of rotatable bonds is 5. The molecule has 2 aromatic rings. The van der Waals surface area contributed by atoms with E-state index in [0.717, 1.165) is 35.3 Å². The van der Waals surface area contributed by atoms with Gasteiger partial charge in [-0.1, -0.05) is 42.0 Å². The lowest BCUT2D eigenvalue weighted by atomic mass is 10.0. The van der Waals surface area contributed by atoms with E-state index in [-0.39, 0.29) is 17.9 Å². The Kier molecular flexibility index (Phi) is 5.38. The molecule has 0 bridgehead atoms. The minimum absolute atomic E-state index is 0.165. The van der Waals surface area contributed by atoms with Crippen molar-refractivity contribution in [1.29, 1.82) is 0 Å². The summed E-state index contributed by atoms with van der Waals surface area (Å²) in [4.78, 5) is 26.1. The molecule has 1 aliphatic heterocycles. The summed E-state index contributed by atoms with van der Waals surface area (Å²) in [6.07, 6.45) is 1.52. The lowest BCUT2D eigenvalue weighted by Gasteiger charge is -2.20. The molecule has 1 saturated heterocycles. The minimum Gasteiger partial charge on any atom is -0.348 e. The molecule has 0 radical (unpaired) electrons. The van der Waals surface area contributed by atoms with Crippen molar-refractivity contribution >= 4 is 17.5 Å². The largest absolute Gasteiger partial charge is 0.348 e. The molecule has 2 atom stereocenters. The standard InChI is InChI=1S/C21H25N3O2/c1-14-5-7-17(8-6-14)20(22)21(26)23-15(2)16-9-11-18(12-10-16)24-13-3-4-19(24)25/h5-12,15,20H,3-4,13,22H2,1-2H3,(H,23,26). The Hall–Kier alpha value is -2.66. The van der Waals surface area contributed by atoms with E-state index in [1.54, 1.807) is 4.90 Å². The van der Waals surface area contributed by atoms with E-state index in [4.69, 9.17) is 5.73 Å². The van der Waals surface area contributed by atoms with Gasteiger partial charge in [0.25, 0.3) is 0 Å². The predicted octanol–water partition coefficient (Wildman–Crippen LogP) is 3.00. The maximum atomic E-state index is 12.4. The summed E-state index contributed by atoms with van der Waals surface area (Å²) in [6, 6.07) is 14.6. The molecule has 0 spiro atoms. The third kappa shape index (κ3) is 3.94. The zero-order valence-corrected chi connectivity index (χ0v) is 15.2. The van der Waals surface area contributed by atoms with Crippen LogP contribution in [0.2, 0.25) is 0 Å². The highest BCUT2D eigenvalue weighted by molar-refractivity contribution is 5.95. The molecule has 26 heavy (non-hydrogen) atoms. The first-order valence-electron chi connectivity index (χ1n) is 8.98. The number of nitrogens with zero attached hydrogens (tertiary/aromatic N) is 1. The number of aryl methyl sites for hydroxylation is 1. The van der Waals surface area contributed by atoms with Crippen molar-refractivity contribution in [2.45, 2.75) is 38.8 Å². The van der Waals surface area contributed by atoms with E-state index in [9.17, 15) is 9.59 Å². The van der Waals surface area contributed by atoms with Gasteiger partial charge in [-0.25, -0.2) is 0 Å². The van der Waals surface area contributed by atoms with Crippen molar-refractivity contribution < 1.29 is 9.59 Å². The van der Waals surface area contributed by atoms with Crippen LogP contribution in [0, 0.1) is 6.92 Å². The number of nitrogens with two attached hydrogens (primary N) is 1. The second kappa shape index (κ2) is 7.70. The summed E-state index contributed by atoms with van der Waals surface area (Å²) in [6.45, 7) is 4.70. The zero-order valence-electron chi connectivity index (χ0n) is 15.2. The van der Waals surface area contributed by atoms with Crippen LogP contribution in [-0.4, -0.2) is 18.4 Å². The van der Waals surface area contributed by atoms with E-state index < -0.39 is 6.04 Å². The van der Waals surface area contributed by atoms with Crippen molar-refractivity contribution in [3.05, 3.63) is 65.2 Å². The molecule has 2 aromatic carbocycles. The summed E-state index contributed by atoms with van der Waals surface area (Å²) in [5, 5.41) is 2.96. The molecule has 1 fully saturated rings. The van der Waals surface area contributed by atoms with Gasteiger partial charge < -0.3 is 16.0 Å². The number of nitrogens with one attached hydrogen (secondary N) is 1. The number of anilines is 1. The molecule has 0 saturated carbocycles. The topological polar surface area (TPSA) is 75.4 Å². The van der Waals surface area contributed by atoms with Gasteiger partial charge in [0.05, 0.1) is 6.04 Å². The van der Waals surface area contributed by atoms with Crippen LogP contribution in [0.4, 0.5) is 5.69 Å². The molecule has 2 amide bonds. The first-order chi connectivity index (χ1) is 12.5. The molecule has 5 heteroatoms. The van der Waals surface area contributed by atoms with Gasteiger partial charge in [-0.3, -0.25) is 9.59 Å². The molecular weight excluding hydrogens is 326 g/mol. The molecule has 1 aliphatic rings. The van der Waals surface area contributed by atoms with Crippen molar-refractivity contribution in [2.75, 3.05) is 11.4 Å². The highest BCUT2D eigenvalue weighted by atomic mass is 16.2. The number of hydrogen-bond acceptors (Lipinski definition) is 3. The summed E-state index contributed by atoms with van der Waals surface area (Å²) < 4.78 is 0. The van der Waals surface area contributed by atoms with Crippen molar-refractivity contribution in [2.24, 2.45) is 5.73 Å². The van der Waals surface area contributed by atoms with Gasteiger partial charge in [-0.15, -0.1) is 0 Å². The van der Waals surface area contributed by atoms with Crippen LogP contribution in [0.5, 0.6) is 0 Å². The minimum atomic E-state index is -0.695. The van der Waals surface area contributed by atoms with Crippen LogP contribution < -0.4 is 16.0 Å². The van der Waals surface area contributed by atoms with Gasteiger partial charge in [0.15, 0.2) is 0 Å². The SMILES string of the molecule is Cc1ccc(C(N)C(=O)NC(C)c2ccc(N3CCCC3=O)cc2)cc1. The maximum Gasteiger partial charge on any atom is 0.241 e. The Bertz CT molecular complexity index is 784. The number of amides is 2. The first kappa shape index (κ1) is 18.1. The van der Waals surface area contributed by atoms with E-state index in [1.165, 1.54) is 0 Å². The van der Waals surface area contributed by atoms with Crippen LogP contribution in [0.15, 0.2) is 48.5 Å². The molecule has 136 valence electrons. The molecule has 1 heterocycles. The van der Waals surface area contributed by atoms with E-state index in [0.29, 0.717) is 6.42 Å². The third-order valence-corrected chi connectivity index (χ3v) is 4.86. The van der Waals surface area contributed by atoms with Gasteiger partial charge in [-0.2, -0.15) is 0 Å². The van der Waals surface area contributed by atoms with Gasteiger partial charge in [0.1, 0.15) is 6.04 Å². The first-order valence-corrected chi connectivity index (χ1v) is 8.98. The van der Waals surface area contributed by atoms with Crippen LogP contribution in [0.1, 0.15) is 48.5 Å². The number of benzene rings is 2. The third-order valence-electron chi connectivity index (χ3n) is 4.86. The average molecular weight is 351 g/mol. The molecule has 0 aromatic heterocycles. The Labute approximate surface area is 154 Å². The quantitative estimate of drug-likeness (QED) is 0.869. The molecule has 3 rings (SSSR count). The fraction of sp³-hybridized carbons (Fsp3) is 0.333. The van der Waals surface area contributed by atoms with Crippen LogP contribution in [0.3, 0.4) is 0 Å². The van der Waals surface area contributed by atoms with Crippen molar-refractivity contribution in [1.82, 2.24) is 5.32 Å². The van der Waals surface area contributed by atoms with E-state index in [1.807, 2.05) is 62.4 Å². The lowest BCUT2D eigenvalue weighted by molar-refractivity contribution is -0.123.